The smallest absolute Gasteiger partial charge is 0.244 e. The number of benzene rings is 2. The van der Waals surface area contributed by atoms with Crippen LogP contribution in [0.4, 0.5) is 0 Å². The van der Waals surface area contributed by atoms with Gasteiger partial charge in [-0.2, -0.15) is 0 Å². The van der Waals surface area contributed by atoms with Crippen molar-refractivity contribution in [3.63, 3.8) is 0 Å². The molecule has 4 heteroatoms. The molecule has 0 aliphatic rings. The molecule has 0 aliphatic carbocycles. The number of methoxy groups -OCH3 is 1. The van der Waals surface area contributed by atoms with Crippen LogP contribution in [0.2, 0.25) is 0 Å². The van der Waals surface area contributed by atoms with Gasteiger partial charge in [0.1, 0.15) is 5.75 Å². The third-order valence-electron chi connectivity index (χ3n) is 3.28. The van der Waals surface area contributed by atoms with Gasteiger partial charge < -0.3 is 10.1 Å². The summed E-state index contributed by atoms with van der Waals surface area (Å²) in [5, 5.41) is 2.94. The van der Waals surface area contributed by atoms with Crippen LogP contribution in [0.1, 0.15) is 24.1 Å². The first-order valence-electron chi connectivity index (χ1n) is 6.97. The quantitative estimate of drug-likeness (QED) is 0.806. The molecule has 114 valence electrons. The summed E-state index contributed by atoms with van der Waals surface area (Å²) in [4.78, 5) is 12.0. The van der Waals surface area contributed by atoms with Crippen LogP contribution < -0.4 is 10.1 Å². The van der Waals surface area contributed by atoms with Crippen LogP contribution in [-0.2, 0) is 4.79 Å². The van der Waals surface area contributed by atoms with Crippen LogP contribution in [0.25, 0.3) is 6.08 Å². The minimum atomic E-state index is -0.138. The number of hydrogen-bond acceptors (Lipinski definition) is 2. The molecule has 0 unspecified atom stereocenters. The molecular formula is C18H18BrNO2. The molecule has 3 nitrogen and oxygen atoms in total. The van der Waals surface area contributed by atoms with Gasteiger partial charge in [0.2, 0.25) is 5.91 Å². The lowest BCUT2D eigenvalue weighted by atomic mass is 10.1. The average molecular weight is 360 g/mol. The standard InChI is InChI=1S/C18H18BrNO2/c1-13(14-7-10-16(19)11-8-14)20-18(21)12-9-15-5-3-4-6-17(15)22-2/h3-13H,1-2H3,(H,20,21)/b12-9+/t13-/m1/s1. The molecule has 0 radical (unpaired) electrons. The summed E-state index contributed by atoms with van der Waals surface area (Å²) in [6.45, 7) is 1.96. The van der Waals surface area contributed by atoms with Crippen molar-refractivity contribution in [1.29, 1.82) is 0 Å². The molecule has 1 atom stereocenters. The van der Waals surface area contributed by atoms with E-state index in [1.54, 1.807) is 13.2 Å². The van der Waals surface area contributed by atoms with Crippen LogP contribution in [0.15, 0.2) is 59.1 Å². The third kappa shape index (κ3) is 4.46. The predicted molar refractivity (Wildman–Crippen MR) is 92.7 cm³/mol. The fraction of sp³-hybridized carbons (Fsp3) is 0.167. The Bertz CT molecular complexity index is 665. The minimum absolute atomic E-state index is 0.0529. The monoisotopic (exact) mass is 359 g/mol. The molecule has 22 heavy (non-hydrogen) atoms. The molecule has 0 fully saturated rings. The molecule has 0 saturated heterocycles. The molecule has 1 N–H and O–H groups in total. The lowest BCUT2D eigenvalue weighted by Crippen LogP contribution is -2.24. The third-order valence-corrected chi connectivity index (χ3v) is 3.81. The summed E-state index contributed by atoms with van der Waals surface area (Å²) >= 11 is 3.40. The maximum atomic E-state index is 12.0. The van der Waals surface area contributed by atoms with Crippen molar-refractivity contribution in [2.75, 3.05) is 7.11 Å². The second kappa shape index (κ2) is 7.80. The number of ether oxygens (including phenoxy) is 1. The van der Waals surface area contributed by atoms with E-state index in [2.05, 4.69) is 21.2 Å². The van der Waals surface area contributed by atoms with E-state index in [0.29, 0.717) is 0 Å². The number of rotatable bonds is 5. The molecule has 0 saturated carbocycles. The Labute approximate surface area is 139 Å². The van der Waals surface area contributed by atoms with Gasteiger partial charge in [0.15, 0.2) is 0 Å². The fourth-order valence-electron chi connectivity index (χ4n) is 2.07. The van der Waals surface area contributed by atoms with Gasteiger partial charge in [0, 0.05) is 16.1 Å². The van der Waals surface area contributed by atoms with Crippen LogP contribution in [-0.4, -0.2) is 13.0 Å². The first kappa shape index (κ1) is 16.3. The first-order valence-corrected chi connectivity index (χ1v) is 7.76. The largest absolute Gasteiger partial charge is 0.496 e. The van der Waals surface area contributed by atoms with Crippen LogP contribution in [0.5, 0.6) is 5.75 Å². The van der Waals surface area contributed by atoms with Gasteiger partial charge in [0.05, 0.1) is 13.2 Å². The normalized spacial score (nSPS) is 12.1. The van der Waals surface area contributed by atoms with Crippen molar-refractivity contribution in [2.24, 2.45) is 0 Å². The SMILES string of the molecule is COc1ccccc1/C=C/C(=O)N[C@H](C)c1ccc(Br)cc1. The molecule has 0 heterocycles. The molecule has 0 aliphatic heterocycles. The summed E-state index contributed by atoms with van der Waals surface area (Å²) in [7, 11) is 1.61. The number of carbonyl (C=O) groups excluding carboxylic acids is 1. The average Bonchev–Trinajstić information content (AvgIpc) is 2.53. The maximum Gasteiger partial charge on any atom is 0.244 e. The minimum Gasteiger partial charge on any atom is -0.496 e. The van der Waals surface area contributed by atoms with Gasteiger partial charge in [-0.3, -0.25) is 4.79 Å². The summed E-state index contributed by atoms with van der Waals surface area (Å²) in [5.74, 6) is 0.605. The van der Waals surface area contributed by atoms with Crippen LogP contribution in [0.3, 0.4) is 0 Å². The molecule has 0 bridgehead atoms. The Hall–Kier alpha value is -2.07. The van der Waals surface area contributed by atoms with Crippen molar-refractivity contribution in [3.8, 4) is 5.75 Å². The van der Waals surface area contributed by atoms with Crippen LogP contribution >= 0.6 is 15.9 Å². The van der Waals surface area contributed by atoms with Crippen molar-refractivity contribution in [2.45, 2.75) is 13.0 Å². The fourth-order valence-corrected chi connectivity index (χ4v) is 2.33. The zero-order valence-corrected chi connectivity index (χ0v) is 14.1. The predicted octanol–water partition coefficient (Wildman–Crippen LogP) is 4.35. The Morgan fingerprint density at radius 1 is 1.18 bits per heavy atom. The molecular weight excluding hydrogens is 342 g/mol. The van der Waals surface area contributed by atoms with Crippen molar-refractivity contribution in [1.82, 2.24) is 5.32 Å². The lowest BCUT2D eigenvalue weighted by Gasteiger charge is -2.13. The number of carbonyl (C=O) groups is 1. The number of para-hydroxylation sites is 1. The van der Waals surface area contributed by atoms with Crippen molar-refractivity contribution >= 4 is 27.9 Å². The molecule has 0 aromatic heterocycles. The molecule has 0 spiro atoms. The van der Waals surface area contributed by atoms with E-state index in [9.17, 15) is 4.79 Å². The van der Waals surface area contributed by atoms with Gasteiger partial charge in [-0.15, -0.1) is 0 Å². The van der Waals surface area contributed by atoms with E-state index in [1.165, 1.54) is 6.08 Å². The molecule has 2 aromatic carbocycles. The summed E-state index contributed by atoms with van der Waals surface area (Å²) in [5.41, 5.74) is 1.93. The highest BCUT2D eigenvalue weighted by atomic mass is 79.9. The Morgan fingerprint density at radius 3 is 2.55 bits per heavy atom. The van der Waals surface area contributed by atoms with E-state index >= 15 is 0 Å². The van der Waals surface area contributed by atoms with Gasteiger partial charge >= 0.3 is 0 Å². The highest BCUT2D eigenvalue weighted by Gasteiger charge is 2.07. The molecule has 1 amide bonds. The van der Waals surface area contributed by atoms with Crippen LogP contribution in [0, 0.1) is 0 Å². The number of amides is 1. The van der Waals surface area contributed by atoms with Crippen molar-refractivity contribution < 1.29 is 9.53 Å². The summed E-state index contributed by atoms with van der Waals surface area (Å²) in [6.07, 6.45) is 3.27. The summed E-state index contributed by atoms with van der Waals surface area (Å²) in [6, 6.07) is 15.4. The van der Waals surface area contributed by atoms with E-state index < -0.39 is 0 Å². The summed E-state index contributed by atoms with van der Waals surface area (Å²) < 4.78 is 6.27. The van der Waals surface area contributed by atoms with E-state index in [4.69, 9.17) is 4.74 Å². The van der Waals surface area contributed by atoms with E-state index in [-0.39, 0.29) is 11.9 Å². The Kier molecular flexibility index (Phi) is 5.78. The zero-order valence-electron chi connectivity index (χ0n) is 12.5. The second-order valence-corrected chi connectivity index (χ2v) is 5.77. The highest BCUT2D eigenvalue weighted by molar-refractivity contribution is 9.10. The molecule has 2 rings (SSSR count). The van der Waals surface area contributed by atoms with Gasteiger partial charge in [-0.05, 0) is 36.8 Å². The zero-order chi connectivity index (χ0) is 15.9. The van der Waals surface area contributed by atoms with E-state index in [0.717, 1.165) is 21.3 Å². The second-order valence-electron chi connectivity index (χ2n) is 4.86. The topological polar surface area (TPSA) is 38.3 Å². The number of nitrogens with one attached hydrogen (secondary N) is 1. The Balaban J connectivity index is 2.00. The highest BCUT2D eigenvalue weighted by Crippen LogP contribution is 2.19. The lowest BCUT2D eigenvalue weighted by molar-refractivity contribution is -0.117. The Morgan fingerprint density at radius 2 is 1.86 bits per heavy atom. The first-order chi connectivity index (χ1) is 10.6. The van der Waals surface area contributed by atoms with E-state index in [1.807, 2.05) is 55.5 Å². The number of hydrogen-bond donors (Lipinski definition) is 1. The van der Waals surface area contributed by atoms with Gasteiger partial charge in [-0.25, -0.2) is 0 Å². The van der Waals surface area contributed by atoms with Gasteiger partial charge in [-0.1, -0.05) is 46.3 Å². The molecule has 2 aromatic rings. The number of halogens is 1. The maximum absolute atomic E-state index is 12.0. The van der Waals surface area contributed by atoms with Crippen molar-refractivity contribution in [3.05, 3.63) is 70.2 Å². The van der Waals surface area contributed by atoms with Gasteiger partial charge in [0.25, 0.3) is 0 Å².